The summed E-state index contributed by atoms with van der Waals surface area (Å²) in [6.07, 6.45) is 1.67. The largest absolute Gasteiger partial charge is 0.271 e. The molecule has 2 aromatic carbocycles. The van der Waals surface area contributed by atoms with Gasteiger partial charge in [-0.25, -0.2) is 4.39 Å². The minimum Gasteiger partial charge on any atom is -0.268 e. The number of carbonyl (C=O) groups excluding carboxylic acids is 1. The fourth-order valence-corrected chi connectivity index (χ4v) is 4.11. The molecule has 1 aliphatic rings. The highest BCUT2D eigenvalue weighted by Crippen LogP contribution is 2.37. The van der Waals surface area contributed by atoms with Gasteiger partial charge in [0.25, 0.3) is 5.91 Å². The fourth-order valence-electron chi connectivity index (χ4n) is 2.51. The zero-order valence-electron chi connectivity index (χ0n) is 14.2. The van der Waals surface area contributed by atoms with Crippen molar-refractivity contribution in [3.8, 4) is 0 Å². The highest BCUT2D eigenvalue weighted by atomic mass is 32.2. The van der Waals surface area contributed by atoms with Crippen LogP contribution >= 0.6 is 23.1 Å². The van der Waals surface area contributed by atoms with Crippen LogP contribution in [-0.4, -0.2) is 21.3 Å². The minimum atomic E-state index is -0.349. The van der Waals surface area contributed by atoms with Gasteiger partial charge >= 0.3 is 0 Å². The molecule has 27 heavy (non-hydrogen) atoms. The average molecular weight is 396 g/mol. The highest BCUT2D eigenvalue weighted by molar-refractivity contribution is 8.19. The lowest BCUT2D eigenvalue weighted by molar-refractivity contribution is -0.113. The van der Waals surface area contributed by atoms with Crippen LogP contribution in [-0.2, 0) is 4.79 Å². The van der Waals surface area contributed by atoms with Gasteiger partial charge in [-0.1, -0.05) is 41.7 Å². The lowest BCUT2D eigenvalue weighted by atomic mass is 10.2. The third-order valence-electron chi connectivity index (χ3n) is 3.67. The Kier molecular flexibility index (Phi) is 4.83. The van der Waals surface area contributed by atoms with Crippen molar-refractivity contribution < 1.29 is 9.18 Å². The Labute approximate surface area is 163 Å². The number of halogens is 1. The second-order valence-corrected chi connectivity index (χ2v) is 7.81. The molecule has 0 aliphatic carbocycles. The van der Waals surface area contributed by atoms with E-state index < -0.39 is 0 Å². The van der Waals surface area contributed by atoms with Crippen molar-refractivity contribution in [3.05, 3.63) is 75.9 Å². The van der Waals surface area contributed by atoms with Crippen LogP contribution in [0, 0.1) is 12.7 Å². The van der Waals surface area contributed by atoms with Gasteiger partial charge in [0.05, 0.1) is 10.6 Å². The molecule has 1 aliphatic heterocycles. The van der Waals surface area contributed by atoms with Gasteiger partial charge in [0, 0.05) is 0 Å². The van der Waals surface area contributed by atoms with E-state index in [-0.39, 0.29) is 11.7 Å². The molecule has 1 saturated heterocycles. The van der Waals surface area contributed by atoms with E-state index in [2.05, 4.69) is 15.2 Å². The molecular formula is C19H13FN4OS2. The molecule has 1 amide bonds. The van der Waals surface area contributed by atoms with Gasteiger partial charge < -0.3 is 0 Å². The summed E-state index contributed by atoms with van der Waals surface area (Å²) in [6, 6.07) is 15.4. The summed E-state index contributed by atoms with van der Waals surface area (Å²) in [5, 5.41) is 9.75. The zero-order valence-corrected chi connectivity index (χ0v) is 15.8. The van der Waals surface area contributed by atoms with Gasteiger partial charge in [-0.05, 0) is 54.6 Å². The Morgan fingerprint density at radius 3 is 2.63 bits per heavy atom. The Morgan fingerprint density at radius 2 is 1.93 bits per heavy atom. The van der Waals surface area contributed by atoms with E-state index in [1.165, 1.54) is 40.1 Å². The number of rotatable bonds is 3. The summed E-state index contributed by atoms with van der Waals surface area (Å²) in [5.74, 6) is -0.562. The molecule has 2 heterocycles. The molecular weight excluding hydrogens is 383 g/mol. The molecule has 8 heteroatoms. The molecule has 1 fully saturated rings. The number of amides is 1. The van der Waals surface area contributed by atoms with Crippen LogP contribution in [0.1, 0.15) is 10.6 Å². The van der Waals surface area contributed by atoms with E-state index in [9.17, 15) is 9.18 Å². The summed E-state index contributed by atoms with van der Waals surface area (Å²) in [5.41, 5.74) is 1.32. The third kappa shape index (κ3) is 3.81. The maximum Gasteiger partial charge on any atom is 0.271 e. The number of para-hydroxylation sites is 1. The number of thioether (sulfide) groups is 1. The predicted octanol–water partition coefficient (Wildman–Crippen LogP) is 4.79. The van der Waals surface area contributed by atoms with Crippen LogP contribution in [0.2, 0.25) is 0 Å². The van der Waals surface area contributed by atoms with Crippen molar-refractivity contribution >= 4 is 51.1 Å². The van der Waals surface area contributed by atoms with Gasteiger partial charge in [0.2, 0.25) is 5.13 Å². The monoisotopic (exact) mass is 396 g/mol. The molecule has 0 radical (unpaired) electrons. The number of carbonyl (C=O) groups is 1. The molecule has 134 valence electrons. The second kappa shape index (κ2) is 7.42. The molecule has 4 rings (SSSR count). The zero-order chi connectivity index (χ0) is 18.8. The lowest BCUT2D eigenvalue weighted by Gasteiger charge is -2.14. The van der Waals surface area contributed by atoms with Crippen molar-refractivity contribution in [2.24, 2.45) is 4.99 Å². The Hall–Kier alpha value is -2.84. The Morgan fingerprint density at radius 1 is 1.11 bits per heavy atom. The van der Waals surface area contributed by atoms with Crippen LogP contribution in [0.15, 0.2) is 64.5 Å². The number of hydrogen-bond acceptors (Lipinski definition) is 6. The van der Waals surface area contributed by atoms with E-state index in [0.717, 1.165) is 5.01 Å². The van der Waals surface area contributed by atoms with E-state index in [0.29, 0.717) is 26.5 Å². The highest BCUT2D eigenvalue weighted by Gasteiger charge is 2.35. The van der Waals surface area contributed by atoms with Gasteiger partial charge in [-0.15, -0.1) is 10.2 Å². The first kappa shape index (κ1) is 17.6. The van der Waals surface area contributed by atoms with Crippen LogP contribution in [0.4, 0.5) is 15.2 Å². The number of anilines is 1. The second-order valence-electron chi connectivity index (χ2n) is 5.64. The number of aliphatic imine (C=N–C) groups is 1. The number of aryl methyl sites for hydroxylation is 1. The Balaban J connectivity index is 1.77. The molecule has 0 saturated carbocycles. The lowest BCUT2D eigenvalue weighted by Crippen LogP contribution is -2.28. The van der Waals surface area contributed by atoms with Gasteiger partial charge in [0.1, 0.15) is 10.8 Å². The van der Waals surface area contributed by atoms with Gasteiger partial charge in [-0.2, -0.15) is 4.99 Å². The van der Waals surface area contributed by atoms with Crippen LogP contribution in [0.3, 0.4) is 0 Å². The molecule has 1 aromatic heterocycles. The number of amidine groups is 1. The molecule has 0 N–H and O–H groups in total. The summed E-state index contributed by atoms with van der Waals surface area (Å²) in [4.78, 5) is 19.5. The van der Waals surface area contributed by atoms with E-state index >= 15 is 0 Å². The summed E-state index contributed by atoms with van der Waals surface area (Å²) >= 11 is 2.58. The average Bonchev–Trinajstić information content (AvgIpc) is 3.19. The molecule has 0 atom stereocenters. The maximum absolute atomic E-state index is 13.5. The van der Waals surface area contributed by atoms with Crippen molar-refractivity contribution in [1.82, 2.24) is 10.2 Å². The third-order valence-corrected chi connectivity index (χ3v) is 5.38. The normalized spacial score (nSPS) is 17.3. The first-order chi connectivity index (χ1) is 13.1. The van der Waals surface area contributed by atoms with Crippen LogP contribution < -0.4 is 4.90 Å². The SMILES string of the molecule is Cc1nnc(/N=C2/S/C(=C\c3cccc(F)c3)C(=O)N2c2ccccc2)s1. The van der Waals surface area contributed by atoms with E-state index in [1.807, 2.05) is 37.3 Å². The Bertz CT molecular complexity index is 1060. The van der Waals surface area contributed by atoms with E-state index in [1.54, 1.807) is 18.2 Å². The summed E-state index contributed by atoms with van der Waals surface area (Å²) in [7, 11) is 0. The number of nitrogens with zero attached hydrogens (tertiary/aromatic N) is 4. The van der Waals surface area contributed by atoms with Gasteiger partial charge in [-0.3, -0.25) is 9.69 Å². The standard InChI is InChI=1S/C19H13FN4OS2/c1-12-22-23-18(26-12)21-19-24(15-8-3-2-4-9-15)17(25)16(27-19)11-13-6-5-7-14(20)10-13/h2-11H,1H3/b16-11-,21-19+. The van der Waals surface area contributed by atoms with Crippen molar-refractivity contribution in [1.29, 1.82) is 0 Å². The molecule has 0 spiro atoms. The molecule has 5 nitrogen and oxygen atoms in total. The quantitative estimate of drug-likeness (QED) is 0.597. The van der Waals surface area contributed by atoms with E-state index in [4.69, 9.17) is 0 Å². The number of hydrogen-bond donors (Lipinski definition) is 0. The smallest absolute Gasteiger partial charge is 0.268 e. The predicted molar refractivity (Wildman–Crippen MR) is 108 cm³/mol. The fraction of sp³-hybridized carbons (Fsp3) is 0.0526. The van der Waals surface area contributed by atoms with Crippen molar-refractivity contribution in [3.63, 3.8) is 0 Å². The summed E-state index contributed by atoms with van der Waals surface area (Å²) < 4.78 is 13.5. The first-order valence-corrected chi connectivity index (χ1v) is 9.67. The first-order valence-electron chi connectivity index (χ1n) is 8.03. The van der Waals surface area contributed by atoms with Crippen LogP contribution in [0.25, 0.3) is 6.08 Å². The number of benzene rings is 2. The topological polar surface area (TPSA) is 58.5 Å². The maximum atomic E-state index is 13.5. The molecule has 0 bridgehead atoms. The van der Waals surface area contributed by atoms with Crippen LogP contribution in [0.5, 0.6) is 0 Å². The van der Waals surface area contributed by atoms with Crippen molar-refractivity contribution in [2.75, 3.05) is 4.90 Å². The van der Waals surface area contributed by atoms with Gasteiger partial charge in [0.15, 0.2) is 5.17 Å². The van der Waals surface area contributed by atoms with Crippen molar-refractivity contribution in [2.45, 2.75) is 6.92 Å². The summed E-state index contributed by atoms with van der Waals surface area (Å²) in [6.45, 7) is 1.85. The molecule has 3 aromatic rings. The minimum absolute atomic E-state index is 0.213. The number of aromatic nitrogens is 2. The molecule has 0 unspecified atom stereocenters.